The third kappa shape index (κ3) is 3.36. The third-order valence-electron chi connectivity index (χ3n) is 2.16. The summed E-state index contributed by atoms with van der Waals surface area (Å²) in [7, 11) is 0. The summed E-state index contributed by atoms with van der Waals surface area (Å²) in [5, 5.41) is 21.1. The van der Waals surface area contributed by atoms with Crippen LogP contribution < -0.4 is 5.32 Å². The van der Waals surface area contributed by atoms with Crippen molar-refractivity contribution in [1.82, 2.24) is 5.32 Å². The van der Waals surface area contributed by atoms with Crippen molar-refractivity contribution in [2.45, 2.75) is 19.4 Å². The summed E-state index contributed by atoms with van der Waals surface area (Å²) >= 11 is 0. The number of aromatic hydroxyl groups is 1. The van der Waals surface area contributed by atoms with Crippen molar-refractivity contribution in [2.24, 2.45) is 0 Å². The molecule has 0 amide bonds. The summed E-state index contributed by atoms with van der Waals surface area (Å²) < 4.78 is 0. The van der Waals surface area contributed by atoms with E-state index in [1.54, 1.807) is 12.1 Å². The van der Waals surface area contributed by atoms with Crippen molar-refractivity contribution >= 4 is 0 Å². The number of hydrogen-bond acceptors (Lipinski definition) is 3. The summed E-state index contributed by atoms with van der Waals surface area (Å²) in [5.74, 6) is 0.290. The fourth-order valence-electron chi connectivity index (χ4n) is 1.31. The van der Waals surface area contributed by atoms with Gasteiger partial charge in [-0.15, -0.1) is 0 Å². The molecule has 0 aliphatic carbocycles. The molecule has 0 saturated carbocycles. The molecule has 3 N–H and O–H groups in total. The lowest BCUT2D eigenvalue weighted by Crippen LogP contribution is -2.20. The molecule has 1 atom stereocenters. The highest BCUT2D eigenvalue weighted by atomic mass is 16.3. The third-order valence-corrected chi connectivity index (χ3v) is 2.16. The predicted octanol–water partition coefficient (Wildman–Crippen LogP) is 1.43. The van der Waals surface area contributed by atoms with Crippen LogP contribution in [0.4, 0.5) is 0 Å². The van der Waals surface area contributed by atoms with Gasteiger partial charge in [0.15, 0.2) is 0 Å². The average Bonchev–Trinajstić information content (AvgIpc) is 2.18. The summed E-state index contributed by atoms with van der Waals surface area (Å²) in [6.45, 7) is 3.03. The molecule has 0 aliphatic heterocycles. The molecule has 0 bridgehead atoms. The first kappa shape index (κ1) is 11.0. The molecule has 0 heterocycles. The summed E-state index contributed by atoms with van der Waals surface area (Å²) in [5.41, 5.74) is 1.06. The minimum Gasteiger partial charge on any atom is -0.508 e. The fourth-order valence-corrected chi connectivity index (χ4v) is 1.31. The van der Waals surface area contributed by atoms with Crippen LogP contribution in [-0.2, 0) is 0 Å². The lowest BCUT2D eigenvalue weighted by atomic mass is 10.1. The van der Waals surface area contributed by atoms with Gasteiger partial charge in [-0.3, -0.25) is 0 Å². The largest absolute Gasteiger partial charge is 0.508 e. The van der Waals surface area contributed by atoms with E-state index < -0.39 is 0 Å². The summed E-state index contributed by atoms with van der Waals surface area (Å²) in [6, 6.07) is 7.40. The van der Waals surface area contributed by atoms with Crippen LogP contribution in [0.15, 0.2) is 24.3 Å². The van der Waals surface area contributed by atoms with Crippen molar-refractivity contribution in [2.75, 3.05) is 13.2 Å². The van der Waals surface area contributed by atoms with E-state index in [-0.39, 0.29) is 12.6 Å². The van der Waals surface area contributed by atoms with E-state index in [4.69, 9.17) is 5.11 Å². The molecule has 0 fully saturated rings. The highest BCUT2D eigenvalue weighted by molar-refractivity contribution is 5.28. The van der Waals surface area contributed by atoms with E-state index >= 15 is 0 Å². The molecule has 0 saturated heterocycles. The normalized spacial score (nSPS) is 12.7. The number of nitrogens with one attached hydrogen (secondary N) is 1. The van der Waals surface area contributed by atoms with Gasteiger partial charge >= 0.3 is 0 Å². The van der Waals surface area contributed by atoms with E-state index in [1.165, 1.54) is 0 Å². The van der Waals surface area contributed by atoms with E-state index in [0.717, 1.165) is 18.5 Å². The first-order chi connectivity index (χ1) is 6.74. The van der Waals surface area contributed by atoms with Crippen molar-refractivity contribution in [1.29, 1.82) is 0 Å². The molecule has 0 radical (unpaired) electrons. The second-order valence-corrected chi connectivity index (χ2v) is 3.35. The number of phenolic OH excluding ortho intramolecular Hbond substituents is 1. The zero-order valence-electron chi connectivity index (χ0n) is 8.40. The molecule has 3 heteroatoms. The highest BCUT2D eigenvalue weighted by Gasteiger charge is 2.03. The second kappa shape index (κ2) is 5.62. The molecule has 14 heavy (non-hydrogen) atoms. The lowest BCUT2D eigenvalue weighted by Gasteiger charge is -2.13. The van der Waals surface area contributed by atoms with Crippen LogP contribution in [0.2, 0.25) is 0 Å². The molecular weight excluding hydrogens is 178 g/mol. The molecule has 1 unspecified atom stereocenters. The highest BCUT2D eigenvalue weighted by Crippen LogP contribution is 2.17. The zero-order valence-corrected chi connectivity index (χ0v) is 8.40. The Hall–Kier alpha value is -1.06. The van der Waals surface area contributed by atoms with Gasteiger partial charge in [0, 0.05) is 12.6 Å². The first-order valence-electron chi connectivity index (χ1n) is 4.87. The number of aliphatic hydroxyl groups excluding tert-OH is 1. The van der Waals surface area contributed by atoms with Gasteiger partial charge in [0.2, 0.25) is 0 Å². The molecule has 0 spiro atoms. The standard InChI is InChI=1S/C11H17NO2/c1-9(12-6-3-7-13)10-4-2-5-11(14)8-10/h2,4-5,8-9,12-14H,3,6-7H2,1H3. The number of rotatable bonds is 5. The van der Waals surface area contributed by atoms with E-state index in [1.807, 2.05) is 19.1 Å². The molecular formula is C11H17NO2. The topological polar surface area (TPSA) is 52.5 Å². The van der Waals surface area contributed by atoms with Gasteiger partial charge in [0.25, 0.3) is 0 Å². The molecule has 1 aromatic rings. The number of benzene rings is 1. The molecule has 1 rings (SSSR count). The SMILES string of the molecule is CC(NCCCO)c1cccc(O)c1. The van der Waals surface area contributed by atoms with Gasteiger partial charge < -0.3 is 15.5 Å². The van der Waals surface area contributed by atoms with E-state index in [2.05, 4.69) is 5.32 Å². The fraction of sp³-hybridized carbons (Fsp3) is 0.455. The Morgan fingerprint density at radius 1 is 1.43 bits per heavy atom. The first-order valence-corrected chi connectivity index (χ1v) is 4.87. The van der Waals surface area contributed by atoms with Crippen LogP contribution in [-0.4, -0.2) is 23.4 Å². The Bertz CT molecular complexity index is 276. The molecule has 0 aliphatic rings. The second-order valence-electron chi connectivity index (χ2n) is 3.35. The van der Waals surface area contributed by atoms with Crippen LogP contribution in [0.5, 0.6) is 5.75 Å². The maximum Gasteiger partial charge on any atom is 0.115 e. The number of phenols is 1. The maximum absolute atomic E-state index is 9.27. The summed E-state index contributed by atoms with van der Waals surface area (Å²) in [6.07, 6.45) is 0.753. The molecule has 1 aromatic carbocycles. The lowest BCUT2D eigenvalue weighted by molar-refractivity contribution is 0.284. The number of aliphatic hydroxyl groups is 1. The average molecular weight is 195 g/mol. The van der Waals surface area contributed by atoms with Gasteiger partial charge in [-0.05, 0) is 37.6 Å². The van der Waals surface area contributed by atoms with E-state index in [9.17, 15) is 5.11 Å². The Morgan fingerprint density at radius 3 is 2.86 bits per heavy atom. The van der Waals surface area contributed by atoms with Crippen LogP contribution in [0.1, 0.15) is 24.9 Å². The van der Waals surface area contributed by atoms with Crippen molar-refractivity contribution in [3.05, 3.63) is 29.8 Å². The van der Waals surface area contributed by atoms with Crippen LogP contribution >= 0.6 is 0 Å². The van der Waals surface area contributed by atoms with Gasteiger partial charge in [-0.25, -0.2) is 0 Å². The Labute approximate surface area is 84.4 Å². The monoisotopic (exact) mass is 195 g/mol. The molecule has 0 aromatic heterocycles. The van der Waals surface area contributed by atoms with Crippen LogP contribution in [0.25, 0.3) is 0 Å². The zero-order chi connectivity index (χ0) is 10.4. The Morgan fingerprint density at radius 2 is 2.21 bits per heavy atom. The van der Waals surface area contributed by atoms with Gasteiger partial charge in [-0.1, -0.05) is 12.1 Å². The quantitative estimate of drug-likeness (QED) is 0.623. The summed E-state index contributed by atoms with van der Waals surface area (Å²) in [4.78, 5) is 0. The van der Waals surface area contributed by atoms with Crippen molar-refractivity contribution in [3.8, 4) is 5.75 Å². The Balaban J connectivity index is 2.47. The van der Waals surface area contributed by atoms with Crippen LogP contribution in [0, 0.1) is 0 Å². The van der Waals surface area contributed by atoms with Gasteiger partial charge in [0.1, 0.15) is 5.75 Å². The van der Waals surface area contributed by atoms with Gasteiger partial charge in [0.05, 0.1) is 0 Å². The van der Waals surface area contributed by atoms with Crippen molar-refractivity contribution < 1.29 is 10.2 Å². The minimum atomic E-state index is 0.202. The smallest absolute Gasteiger partial charge is 0.115 e. The van der Waals surface area contributed by atoms with Crippen molar-refractivity contribution in [3.63, 3.8) is 0 Å². The van der Waals surface area contributed by atoms with E-state index in [0.29, 0.717) is 5.75 Å². The number of hydrogen-bond donors (Lipinski definition) is 3. The van der Waals surface area contributed by atoms with Crippen LogP contribution in [0.3, 0.4) is 0 Å². The van der Waals surface area contributed by atoms with Gasteiger partial charge in [-0.2, -0.15) is 0 Å². The molecule has 3 nitrogen and oxygen atoms in total. The maximum atomic E-state index is 9.27. The molecule has 78 valence electrons. The Kier molecular flexibility index (Phi) is 4.43. The predicted molar refractivity (Wildman–Crippen MR) is 56.2 cm³/mol. The minimum absolute atomic E-state index is 0.202.